The monoisotopic (exact) mass is 174 g/mol. The zero-order valence-corrected chi connectivity index (χ0v) is 6.42. The highest BCUT2D eigenvalue weighted by atomic mass is 19.3. The first-order valence-corrected chi connectivity index (χ1v) is 3.31. The van der Waals surface area contributed by atoms with E-state index in [-0.39, 0.29) is 5.88 Å². The lowest BCUT2D eigenvalue weighted by molar-refractivity contribution is -0.0527. The van der Waals surface area contributed by atoms with Crippen LogP contribution < -0.4 is 10.1 Å². The highest BCUT2D eigenvalue weighted by Gasteiger charge is 2.04. The van der Waals surface area contributed by atoms with Gasteiger partial charge in [-0.2, -0.15) is 8.78 Å². The fraction of sp³-hybridized carbons (Fsp3) is 0.286. The van der Waals surface area contributed by atoms with Crippen LogP contribution in [-0.4, -0.2) is 18.6 Å². The van der Waals surface area contributed by atoms with E-state index in [9.17, 15) is 8.78 Å². The molecule has 12 heavy (non-hydrogen) atoms. The van der Waals surface area contributed by atoms with Crippen molar-refractivity contribution in [2.24, 2.45) is 0 Å². The van der Waals surface area contributed by atoms with Crippen LogP contribution in [0.2, 0.25) is 0 Å². The van der Waals surface area contributed by atoms with Gasteiger partial charge in [0.25, 0.3) is 0 Å². The number of aromatic nitrogens is 1. The van der Waals surface area contributed by atoms with Crippen molar-refractivity contribution in [1.82, 2.24) is 4.98 Å². The number of ether oxygens (including phenoxy) is 1. The standard InChI is InChI=1S/C7H8F2N2O/c1-10-5-2-3-11-6(4-5)12-7(8)9/h2-4,7H,1H3,(H,10,11). The fourth-order valence-corrected chi connectivity index (χ4v) is 0.721. The molecule has 1 aromatic heterocycles. The average Bonchev–Trinajstić information content (AvgIpc) is 2.03. The molecule has 0 amide bonds. The Kier molecular flexibility index (Phi) is 2.79. The minimum atomic E-state index is -2.83. The van der Waals surface area contributed by atoms with Crippen LogP contribution in [0.15, 0.2) is 18.3 Å². The molecule has 5 heteroatoms. The van der Waals surface area contributed by atoms with Crippen LogP contribution in [0, 0.1) is 0 Å². The van der Waals surface area contributed by atoms with E-state index in [1.807, 2.05) is 0 Å². The molecule has 1 N–H and O–H groups in total. The summed E-state index contributed by atoms with van der Waals surface area (Å²) in [7, 11) is 1.68. The third-order valence-electron chi connectivity index (χ3n) is 1.23. The quantitative estimate of drug-likeness (QED) is 0.757. The summed E-state index contributed by atoms with van der Waals surface area (Å²) in [6, 6.07) is 3.05. The molecular weight excluding hydrogens is 166 g/mol. The van der Waals surface area contributed by atoms with Gasteiger partial charge >= 0.3 is 6.61 Å². The second-order valence-corrected chi connectivity index (χ2v) is 2.01. The number of anilines is 1. The van der Waals surface area contributed by atoms with Crippen molar-refractivity contribution in [2.45, 2.75) is 6.61 Å². The molecule has 0 fully saturated rings. The van der Waals surface area contributed by atoms with E-state index in [2.05, 4.69) is 15.0 Å². The lowest BCUT2D eigenvalue weighted by atomic mass is 10.4. The van der Waals surface area contributed by atoms with E-state index >= 15 is 0 Å². The summed E-state index contributed by atoms with van der Waals surface area (Å²) in [6.07, 6.45) is 1.39. The van der Waals surface area contributed by atoms with E-state index in [4.69, 9.17) is 0 Å². The third kappa shape index (κ3) is 2.34. The number of hydrogen-bond acceptors (Lipinski definition) is 3. The Morgan fingerprint density at radius 3 is 2.92 bits per heavy atom. The van der Waals surface area contributed by atoms with Gasteiger partial charge in [0.15, 0.2) is 0 Å². The van der Waals surface area contributed by atoms with Gasteiger partial charge in [-0.25, -0.2) is 4.98 Å². The zero-order valence-electron chi connectivity index (χ0n) is 6.42. The third-order valence-corrected chi connectivity index (χ3v) is 1.23. The van der Waals surface area contributed by atoms with Gasteiger partial charge in [0.1, 0.15) is 0 Å². The summed E-state index contributed by atoms with van der Waals surface area (Å²) in [4.78, 5) is 3.59. The number of pyridine rings is 1. The van der Waals surface area contributed by atoms with Crippen LogP contribution >= 0.6 is 0 Å². The van der Waals surface area contributed by atoms with E-state index in [0.717, 1.165) is 0 Å². The number of hydrogen-bond donors (Lipinski definition) is 1. The van der Waals surface area contributed by atoms with Crippen LogP contribution in [0.5, 0.6) is 5.88 Å². The molecular formula is C7H8F2N2O. The van der Waals surface area contributed by atoms with Crippen molar-refractivity contribution in [1.29, 1.82) is 0 Å². The number of halogens is 2. The number of nitrogens with zero attached hydrogens (tertiary/aromatic N) is 1. The first-order chi connectivity index (χ1) is 5.72. The SMILES string of the molecule is CNc1ccnc(OC(F)F)c1. The molecule has 0 aromatic carbocycles. The maximum atomic E-state index is 11.7. The highest BCUT2D eigenvalue weighted by molar-refractivity contribution is 5.44. The summed E-state index contributed by atoms with van der Waals surface area (Å²) < 4.78 is 27.4. The molecule has 0 bridgehead atoms. The van der Waals surface area contributed by atoms with Crippen molar-refractivity contribution < 1.29 is 13.5 Å². The predicted octanol–water partition coefficient (Wildman–Crippen LogP) is 1.72. The van der Waals surface area contributed by atoms with Crippen molar-refractivity contribution in [2.75, 3.05) is 12.4 Å². The Morgan fingerprint density at radius 1 is 1.58 bits per heavy atom. The minimum absolute atomic E-state index is 0.0862. The van der Waals surface area contributed by atoms with Crippen molar-refractivity contribution in [3.05, 3.63) is 18.3 Å². The van der Waals surface area contributed by atoms with Crippen molar-refractivity contribution in [3.63, 3.8) is 0 Å². The first-order valence-electron chi connectivity index (χ1n) is 3.31. The molecule has 0 aliphatic carbocycles. The average molecular weight is 174 g/mol. The van der Waals surface area contributed by atoms with Gasteiger partial charge in [-0.05, 0) is 6.07 Å². The van der Waals surface area contributed by atoms with Gasteiger partial charge < -0.3 is 10.1 Å². The second kappa shape index (κ2) is 3.85. The van der Waals surface area contributed by atoms with Crippen LogP contribution in [0.3, 0.4) is 0 Å². The predicted molar refractivity (Wildman–Crippen MR) is 40.4 cm³/mol. The molecule has 1 aromatic rings. The summed E-state index contributed by atoms with van der Waals surface area (Å²) in [5, 5.41) is 2.78. The number of rotatable bonds is 3. The topological polar surface area (TPSA) is 34.2 Å². The molecule has 0 atom stereocenters. The van der Waals surface area contributed by atoms with Gasteiger partial charge in [0, 0.05) is 25.0 Å². The fourth-order valence-electron chi connectivity index (χ4n) is 0.721. The second-order valence-electron chi connectivity index (χ2n) is 2.01. The lowest BCUT2D eigenvalue weighted by Gasteiger charge is -2.04. The highest BCUT2D eigenvalue weighted by Crippen LogP contribution is 2.14. The van der Waals surface area contributed by atoms with Crippen molar-refractivity contribution >= 4 is 5.69 Å². The molecule has 0 spiro atoms. The molecule has 0 aliphatic heterocycles. The van der Waals surface area contributed by atoms with Gasteiger partial charge in [-0.15, -0.1) is 0 Å². The van der Waals surface area contributed by atoms with Crippen LogP contribution in [-0.2, 0) is 0 Å². The van der Waals surface area contributed by atoms with Crippen molar-refractivity contribution in [3.8, 4) is 5.88 Å². The van der Waals surface area contributed by atoms with Crippen LogP contribution in [0.4, 0.5) is 14.5 Å². The smallest absolute Gasteiger partial charge is 0.388 e. The molecule has 0 saturated heterocycles. The van der Waals surface area contributed by atoms with Gasteiger partial charge in [-0.3, -0.25) is 0 Å². The van der Waals surface area contributed by atoms with Crippen LogP contribution in [0.1, 0.15) is 0 Å². The molecule has 0 radical (unpaired) electrons. The van der Waals surface area contributed by atoms with Crippen LogP contribution in [0.25, 0.3) is 0 Å². The maximum Gasteiger partial charge on any atom is 0.388 e. The van der Waals surface area contributed by atoms with Gasteiger partial charge in [-0.1, -0.05) is 0 Å². The van der Waals surface area contributed by atoms with E-state index in [1.165, 1.54) is 12.3 Å². The zero-order chi connectivity index (χ0) is 8.97. The Labute approximate surface area is 68.4 Å². The lowest BCUT2D eigenvalue weighted by Crippen LogP contribution is -2.03. The Hall–Kier alpha value is -1.39. The summed E-state index contributed by atoms with van der Waals surface area (Å²) in [6.45, 7) is -2.83. The largest absolute Gasteiger partial charge is 0.417 e. The maximum absolute atomic E-state index is 11.7. The number of nitrogens with one attached hydrogen (secondary N) is 1. The van der Waals surface area contributed by atoms with E-state index in [0.29, 0.717) is 5.69 Å². The molecule has 1 heterocycles. The van der Waals surface area contributed by atoms with E-state index < -0.39 is 6.61 Å². The van der Waals surface area contributed by atoms with Gasteiger partial charge in [0.05, 0.1) is 0 Å². The minimum Gasteiger partial charge on any atom is -0.417 e. The normalized spacial score (nSPS) is 10.0. The Morgan fingerprint density at radius 2 is 2.33 bits per heavy atom. The molecule has 0 unspecified atom stereocenters. The molecule has 66 valence electrons. The molecule has 0 aliphatic rings. The Balaban J connectivity index is 2.72. The number of alkyl halides is 2. The molecule has 0 saturated carbocycles. The summed E-state index contributed by atoms with van der Waals surface area (Å²) in [5.74, 6) is -0.0862. The summed E-state index contributed by atoms with van der Waals surface area (Å²) >= 11 is 0. The van der Waals surface area contributed by atoms with Gasteiger partial charge in [0.2, 0.25) is 5.88 Å². The molecule has 3 nitrogen and oxygen atoms in total. The first kappa shape index (κ1) is 8.70. The van der Waals surface area contributed by atoms with E-state index in [1.54, 1.807) is 13.1 Å². The summed E-state index contributed by atoms with van der Waals surface area (Å²) in [5.41, 5.74) is 0.681. The Bertz CT molecular complexity index is 255. The molecule has 1 rings (SSSR count).